The fourth-order valence-electron chi connectivity index (χ4n) is 3.43. The van der Waals surface area contributed by atoms with E-state index in [-0.39, 0.29) is 24.4 Å². The quantitative estimate of drug-likeness (QED) is 0.764. The van der Waals surface area contributed by atoms with Crippen molar-refractivity contribution in [2.45, 2.75) is 37.8 Å². The molecule has 1 fully saturated rings. The zero-order chi connectivity index (χ0) is 15.7. The summed E-state index contributed by atoms with van der Waals surface area (Å²) in [5.74, 6) is -0.142. The predicted molar refractivity (Wildman–Crippen MR) is 81.2 cm³/mol. The molecular formula is C14H20N6O2. The topological polar surface area (TPSA) is 119 Å². The van der Waals surface area contributed by atoms with Crippen molar-refractivity contribution in [1.29, 1.82) is 0 Å². The van der Waals surface area contributed by atoms with Crippen LogP contribution in [-0.4, -0.2) is 43.7 Å². The van der Waals surface area contributed by atoms with E-state index in [1.54, 1.807) is 6.33 Å². The van der Waals surface area contributed by atoms with E-state index in [0.717, 1.165) is 24.9 Å². The Kier molecular flexibility index (Phi) is 3.93. The van der Waals surface area contributed by atoms with Crippen LogP contribution < -0.4 is 11.1 Å². The van der Waals surface area contributed by atoms with Gasteiger partial charge in [0.05, 0.1) is 12.4 Å². The van der Waals surface area contributed by atoms with Crippen LogP contribution in [0.3, 0.4) is 0 Å². The second-order valence-corrected chi connectivity index (χ2v) is 5.82. The van der Waals surface area contributed by atoms with Crippen LogP contribution in [0.15, 0.2) is 12.7 Å². The molecule has 2 aromatic rings. The summed E-state index contributed by atoms with van der Waals surface area (Å²) in [6, 6.07) is 0.376. The zero-order valence-electron chi connectivity index (χ0n) is 12.4. The predicted octanol–water partition coefficient (Wildman–Crippen LogP) is 0.812. The van der Waals surface area contributed by atoms with E-state index in [0.29, 0.717) is 11.3 Å². The number of rotatable bonds is 4. The van der Waals surface area contributed by atoms with Gasteiger partial charge in [0.2, 0.25) is 0 Å². The lowest BCUT2D eigenvalue weighted by Gasteiger charge is -2.36. The number of carbonyl (C=O) groups is 1. The van der Waals surface area contributed by atoms with Crippen LogP contribution in [0.4, 0.5) is 5.82 Å². The third-order valence-corrected chi connectivity index (χ3v) is 4.50. The molecule has 0 amide bonds. The zero-order valence-corrected chi connectivity index (χ0v) is 12.4. The Hall–Kier alpha value is -2.22. The van der Waals surface area contributed by atoms with Crippen LogP contribution in [0, 0.1) is 5.92 Å². The Morgan fingerprint density at radius 1 is 1.45 bits per heavy atom. The first-order valence-corrected chi connectivity index (χ1v) is 7.42. The van der Waals surface area contributed by atoms with Gasteiger partial charge in [-0.3, -0.25) is 4.79 Å². The highest BCUT2D eigenvalue weighted by atomic mass is 16.4. The summed E-state index contributed by atoms with van der Waals surface area (Å²) in [6.07, 6.45) is 6.02. The molecule has 0 aromatic carbocycles. The Balaban J connectivity index is 1.87. The Bertz CT molecular complexity index is 685. The average molecular weight is 304 g/mol. The summed E-state index contributed by atoms with van der Waals surface area (Å²) in [5, 5.41) is 12.3. The van der Waals surface area contributed by atoms with Gasteiger partial charge in [-0.15, -0.1) is 0 Å². The van der Waals surface area contributed by atoms with Gasteiger partial charge in [0.15, 0.2) is 11.5 Å². The first-order valence-electron chi connectivity index (χ1n) is 7.42. The van der Waals surface area contributed by atoms with E-state index in [4.69, 9.17) is 10.8 Å². The number of likely N-dealkylation sites (N-methyl/N-ethyl adjacent to an activating group) is 1. The average Bonchev–Trinajstić information content (AvgIpc) is 2.92. The molecule has 4 N–H and O–H groups in total. The second-order valence-electron chi connectivity index (χ2n) is 5.82. The molecule has 8 nitrogen and oxygen atoms in total. The van der Waals surface area contributed by atoms with Gasteiger partial charge in [0.1, 0.15) is 11.8 Å². The number of carboxylic acid groups (broad SMARTS) is 1. The standard InChI is InChI=1S/C14H20N6O2/c1-16-9-4-8(5-11(21)22)2-3-10(9)20-7-19-12-13(15)17-6-18-14(12)20/h6-10,16H,2-5H2,1H3,(H,21,22)(H2,15,17,18)/t8-,9+,10+/m1/s1. The van der Waals surface area contributed by atoms with Gasteiger partial charge in [0, 0.05) is 12.5 Å². The van der Waals surface area contributed by atoms with Crippen molar-refractivity contribution >= 4 is 23.0 Å². The minimum absolute atomic E-state index is 0.187. The SMILES string of the molecule is CN[C@H]1C[C@H](CC(=O)O)CC[C@@H]1n1cnc2c(N)ncnc21. The van der Waals surface area contributed by atoms with Crippen molar-refractivity contribution in [3.63, 3.8) is 0 Å². The molecule has 1 aliphatic carbocycles. The summed E-state index contributed by atoms with van der Waals surface area (Å²) in [6.45, 7) is 0. The minimum Gasteiger partial charge on any atom is -0.481 e. The van der Waals surface area contributed by atoms with Crippen LogP contribution in [0.1, 0.15) is 31.7 Å². The summed E-state index contributed by atoms with van der Waals surface area (Å²) in [4.78, 5) is 23.5. The van der Waals surface area contributed by atoms with Gasteiger partial charge >= 0.3 is 5.97 Å². The van der Waals surface area contributed by atoms with Crippen LogP contribution in [0.25, 0.3) is 11.2 Å². The van der Waals surface area contributed by atoms with Crippen molar-refractivity contribution < 1.29 is 9.90 Å². The number of nitrogens with one attached hydrogen (secondary N) is 1. The van der Waals surface area contributed by atoms with Gasteiger partial charge < -0.3 is 20.7 Å². The lowest BCUT2D eigenvalue weighted by molar-refractivity contribution is -0.138. The van der Waals surface area contributed by atoms with Crippen LogP contribution in [0.5, 0.6) is 0 Å². The highest BCUT2D eigenvalue weighted by Gasteiger charge is 2.32. The van der Waals surface area contributed by atoms with E-state index in [1.807, 2.05) is 11.6 Å². The number of imidazole rings is 1. The van der Waals surface area contributed by atoms with E-state index < -0.39 is 5.97 Å². The molecule has 1 aliphatic rings. The van der Waals surface area contributed by atoms with Crippen LogP contribution in [0.2, 0.25) is 0 Å². The maximum atomic E-state index is 10.9. The number of anilines is 1. The van der Waals surface area contributed by atoms with E-state index >= 15 is 0 Å². The van der Waals surface area contributed by atoms with Crippen molar-refractivity contribution in [3.8, 4) is 0 Å². The fraction of sp³-hybridized carbons (Fsp3) is 0.571. The highest BCUT2D eigenvalue weighted by molar-refractivity contribution is 5.81. The highest BCUT2D eigenvalue weighted by Crippen LogP contribution is 2.35. The van der Waals surface area contributed by atoms with Crippen LogP contribution in [-0.2, 0) is 4.79 Å². The molecule has 3 rings (SSSR count). The molecular weight excluding hydrogens is 284 g/mol. The second kappa shape index (κ2) is 5.88. The van der Waals surface area contributed by atoms with Gasteiger partial charge in [-0.1, -0.05) is 0 Å². The van der Waals surface area contributed by atoms with E-state index in [2.05, 4.69) is 20.3 Å². The molecule has 2 heterocycles. The monoisotopic (exact) mass is 304 g/mol. The molecule has 0 spiro atoms. The van der Waals surface area contributed by atoms with Gasteiger partial charge in [0.25, 0.3) is 0 Å². The third kappa shape index (κ3) is 2.61. The van der Waals surface area contributed by atoms with Crippen molar-refractivity contribution in [1.82, 2.24) is 24.8 Å². The molecule has 1 saturated carbocycles. The third-order valence-electron chi connectivity index (χ3n) is 4.50. The molecule has 0 radical (unpaired) electrons. The largest absolute Gasteiger partial charge is 0.481 e. The number of nitrogen functional groups attached to an aromatic ring is 1. The maximum absolute atomic E-state index is 10.9. The summed E-state index contributed by atoms with van der Waals surface area (Å²) in [5.41, 5.74) is 7.18. The number of nitrogens with zero attached hydrogens (tertiary/aromatic N) is 4. The Morgan fingerprint density at radius 2 is 2.27 bits per heavy atom. The van der Waals surface area contributed by atoms with Gasteiger partial charge in [-0.05, 0) is 32.2 Å². The molecule has 8 heteroatoms. The van der Waals surface area contributed by atoms with Gasteiger partial charge in [-0.25, -0.2) is 15.0 Å². The molecule has 118 valence electrons. The summed E-state index contributed by atoms with van der Waals surface area (Å²) < 4.78 is 2.03. The number of fused-ring (bicyclic) bond motifs is 1. The normalized spacial score (nSPS) is 25.4. The number of hydrogen-bond acceptors (Lipinski definition) is 6. The van der Waals surface area contributed by atoms with Crippen molar-refractivity contribution in [3.05, 3.63) is 12.7 Å². The van der Waals surface area contributed by atoms with E-state index in [9.17, 15) is 4.79 Å². The number of nitrogens with two attached hydrogens (primary N) is 1. The van der Waals surface area contributed by atoms with Crippen molar-refractivity contribution in [2.75, 3.05) is 12.8 Å². The molecule has 0 saturated heterocycles. The Morgan fingerprint density at radius 3 is 3.00 bits per heavy atom. The number of hydrogen-bond donors (Lipinski definition) is 3. The van der Waals surface area contributed by atoms with E-state index in [1.165, 1.54) is 6.33 Å². The Labute approximate surface area is 127 Å². The first-order chi connectivity index (χ1) is 10.6. The molecule has 2 aromatic heterocycles. The molecule has 3 atom stereocenters. The fourth-order valence-corrected chi connectivity index (χ4v) is 3.43. The minimum atomic E-state index is -0.730. The maximum Gasteiger partial charge on any atom is 0.303 e. The lowest BCUT2D eigenvalue weighted by Crippen LogP contribution is -2.40. The molecule has 22 heavy (non-hydrogen) atoms. The molecule has 0 aliphatic heterocycles. The summed E-state index contributed by atoms with van der Waals surface area (Å²) >= 11 is 0. The smallest absolute Gasteiger partial charge is 0.303 e. The lowest BCUT2D eigenvalue weighted by atomic mass is 9.80. The number of aromatic nitrogens is 4. The molecule has 0 bridgehead atoms. The number of aliphatic carboxylic acids is 1. The molecule has 0 unspecified atom stereocenters. The number of carboxylic acids is 1. The van der Waals surface area contributed by atoms with Gasteiger partial charge in [-0.2, -0.15) is 0 Å². The summed E-state index contributed by atoms with van der Waals surface area (Å²) in [7, 11) is 1.91. The first kappa shape index (κ1) is 14.7. The van der Waals surface area contributed by atoms with Crippen molar-refractivity contribution in [2.24, 2.45) is 5.92 Å². The van der Waals surface area contributed by atoms with Crippen LogP contribution >= 0.6 is 0 Å².